The van der Waals surface area contributed by atoms with E-state index in [9.17, 15) is 14.4 Å². The van der Waals surface area contributed by atoms with Gasteiger partial charge in [0.05, 0.1) is 17.9 Å². The molecule has 154 valence electrons. The number of hydrazone groups is 1. The number of carbonyl (C=O) groups excluding carboxylic acids is 3. The predicted molar refractivity (Wildman–Crippen MR) is 112 cm³/mol. The van der Waals surface area contributed by atoms with Crippen LogP contribution in [0, 0.1) is 11.8 Å². The summed E-state index contributed by atoms with van der Waals surface area (Å²) < 4.78 is 0. The Morgan fingerprint density at radius 2 is 1.72 bits per heavy atom. The molecule has 0 radical (unpaired) electrons. The SMILES string of the molecule is O=CCN1N=C(C2CCCCC2)c2ccccc2N(CC(=O)C2CCCC2)C1=O. The van der Waals surface area contributed by atoms with Crippen LogP contribution in [-0.4, -0.2) is 41.9 Å². The minimum atomic E-state index is -0.387. The first kappa shape index (κ1) is 19.8. The minimum Gasteiger partial charge on any atom is -0.301 e. The molecule has 0 bridgehead atoms. The fraction of sp³-hybridized carbons (Fsp3) is 0.565. The van der Waals surface area contributed by atoms with Gasteiger partial charge in [-0.1, -0.05) is 50.3 Å². The molecule has 1 aromatic carbocycles. The van der Waals surface area contributed by atoms with Crippen LogP contribution in [0.2, 0.25) is 0 Å². The Kier molecular flexibility index (Phi) is 6.07. The highest BCUT2D eigenvalue weighted by atomic mass is 16.2. The molecule has 0 saturated heterocycles. The number of fused-ring (bicyclic) bond motifs is 1. The first-order chi connectivity index (χ1) is 14.2. The summed E-state index contributed by atoms with van der Waals surface area (Å²) in [6, 6.07) is 7.36. The number of Topliss-reactive ketones (excluding diaryl/α,β-unsaturated/α-hetero) is 1. The van der Waals surface area contributed by atoms with Crippen LogP contribution in [0.5, 0.6) is 0 Å². The van der Waals surface area contributed by atoms with Crippen LogP contribution in [0.3, 0.4) is 0 Å². The highest BCUT2D eigenvalue weighted by Crippen LogP contribution is 2.34. The van der Waals surface area contributed by atoms with Gasteiger partial charge >= 0.3 is 6.03 Å². The number of benzene rings is 1. The number of carbonyl (C=O) groups is 3. The number of hydrogen-bond donors (Lipinski definition) is 0. The summed E-state index contributed by atoms with van der Waals surface area (Å²) in [6.07, 6.45) is 10.3. The van der Waals surface area contributed by atoms with E-state index in [0.717, 1.165) is 68.3 Å². The summed E-state index contributed by atoms with van der Waals surface area (Å²) in [6.45, 7) is -0.0551. The van der Waals surface area contributed by atoms with Crippen LogP contribution < -0.4 is 4.90 Å². The topological polar surface area (TPSA) is 70.1 Å². The van der Waals surface area contributed by atoms with Gasteiger partial charge in [-0.25, -0.2) is 9.80 Å². The Morgan fingerprint density at radius 3 is 2.45 bits per heavy atom. The summed E-state index contributed by atoms with van der Waals surface area (Å²) in [7, 11) is 0. The van der Waals surface area contributed by atoms with Crippen molar-refractivity contribution in [3.05, 3.63) is 29.8 Å². The minimum absolute atomic E-state index is 0.0384. The van der Waals surface area contributed by atoms with Crippen LogP contribution in [-0.2, 0) is 9.59 Å². The van der Waals surface area contributed by atoms with Crippen molar-refractivity contribution in [1.29, 1.82) is 0 Å². The molecule has 3 aliphatic rings. The molecule has 2 amide bonds. The largest absolute Gasteiger partial charge is 0.345 e. The Bertz CT molecular complexity index is 807. The average Bonchev–Trinajstić information content (AvgIpc) is 3.27. The van der Waals surface area contributed by atoms with Crippen molar-refractivity contribution in [2.75, 3.05) is 18.0 Å². The lowest BCUT2D eigenvalue weighted by Crippen LogP contribution is -2.44. The normalized spacial score (nSPS) is 21.0. The molecule has 1 aromatic rings. The smallest absolute Gasteiger partial charge is 0.301 e. The van der Waals surface area contributed by atoms with Gasteiger partial charge in [0, 0.05) is 17.4 Å². The zero-order valence-corrected chi connectivity index (χ0v) is 16.9. The molecule has 1 aliphatic heterocycles. The lowest BCUT2D eigenvalue weighted by Gasteiger charge is -2.26. The maximum absolute atomic E-state index is 13.3. The third-order valence-corrected chi connectivity index (χ3v) is 6.51. The number of nitrogens with zero attached hydrogens (tertiary/aromatic N) is 3. The van der Waals surface area contributed by atoms with E-state index in [1.165, 1.54) is 11.4 Å². The van der Waals surface area contributed by atoms with Crippen molar-refractivity contribution in [3.63, 3.8) is 0 Å². The summed E-state index contributed by atoms with van der Waals surface area (Å²) in [4.78, 5) is 39.0. The van der Waals surface area contributed by atoms with Gasteiger partial charge in [0.1, 0.15) is 12.8 Å². The maximum atomic E-state index is 13.3. The fourth-order valence-electron chi connectivity index (χ4n) is 4.95. The molecule has 2 saturated carbocycles. The second-order valence-corrected chi connectivity index (χ2v) is 8.40. The predicted octanol–water partition coefficient (Wildman–Crippen LogP) is 4.17. The van der Waals surface area contributed by atoms with E-state index in [1.807, 2.05) is 24.3 Å². The quantitative estimate of drug-likeness (QED) is 0.679. The van der Waals surface area contributed by atoms with Crippen molar-refractivity contribution < 1.29 is 14.4 Å². The number of anilines is 1. The Morgan fingerprint density at radius 1 is 1.03 bits per heavy atom. The number of aldehydes is 1. The molecule has 0 unspecified atom stereocenters. The molecule has 4 rings (SSSR count). The third-order valence-electron chi connectivity index (χ3n) is 6.51. The van der Waals surface area contributed by atoms with E-state index >= 15 is 0 Å². The number of rotatable bonds is 6. The molecular formula is C23H29N3O3. The fourth-order valence-corrected chi connectivity index (χ4v) is 4.95. The summed E-state index contributed by atoms with van der Waals surface area (Å²) in [5.41, 5.74) is 2.54. The first-order valence-electron chi connectivity index (χ1n) is 10.9. The zero-order chi connectivity index (χ0) is 20.2. The van der Waals surface area contributed by atoms with Gasteiger partial charge in [-0.3, -0.25) is 9.69 Å². The number of amides is 2. The highest BCUT2D eigenvalue weighted by Gasteiger charge is 2.35. The van der Waals surface area contributed by atoms with E-state index in [4.69, 9.17) is 0 Å². The van der Waals surface area contributed by atoms with Crippen LogP contribution >= 0.6 is 0 Å². The maximum Gasteiger partial charge on any atom is 0.345 e. The molecule has 1 heterocycles. The molecule has 0 atom stereocenters. The van der Waals surface area contributed by atoms with Gasteiger partial charge < -0.3 is 4.79 Å². The van der Waals surface area contributed by atoms with Crippen molar-refractivity contribution in [3.8, 4) is 0 Å². The van der Waals surface area contributed by atoms with Crippen LogP contribution in [0.15, 0.2) is 29.4 Å². The zero-order valence-electron chi connectivity index (χ0n) is 16.9. The second kappa shape index (κ2) is 8.89. The molecule has 6 heteroatoms. The van der Waals surface area contributed by atoms with E-state index in [0.29, 0.717) is 6.29 Å². The Labute approximate surface area is 171 Å². The highest BCUT2D eigenvalue weighted by molar-refractivity contribution is 6.13. The Balaban J connectivity index is 1.72. The van der Waals surface area contributed by atoms with E-state index in [1.54, 1.807) is 4.90 Å². The number of urea groups is 1. The van der Waals surface area contributed by atoms with Gasteiger partial charge in [-0.2, -0.15) is 5.10 Å². The van der Waals surface area contributed by atoms with Crippen LogP contribution in [0.1, 0.15) is 63.4 Å². The molecule has 0 spiro atoms. The third kappa shape index (κ3) is 4.11. The van der Waals surface area contributed by atoms with Gasteiger partial charge in [-0.05, 0) is 31.7 Å². The molecule has 2 aliphatic carbocycles. The van der Waals surface area contributed by atoms with Crippen molar-refractivity contribution >= 4 is 29.5 Å². The van der Waals surface area contributed by atoms with E-state index in [2.05, 4.69) is 5.10 Å². The molecule has 2 fully saturated rings. The molecule has 0 aromatic heterocycles. The standard InChI is InChI=1S/C23H29N3O3/c27-15-14-26-23(29)25(16-21(28)17-8-4-5-9-17)20-13-7-6-12-19(20)22(24-26)18-10-2-1-3-11-18/h6-7,12-13,15,17-18H,1-5,8-11,14,16H2. The second-order valence-electron chi connectivity index (χ2n) is 8.40. The van der Waals surface area contributed by atoms with Crippen LogP contribution in [0.25, 0.3) is 0 Å². The van der Waals surface area contributed by atoms with Crippen LogP contribution in [0.4, 0.5) is 10.5 Å². The summed E-state index contributed by atoms with van der Waals surface area (Å²) in [5, 5.41) is 5.93. The van der Waals surface area contributed by atoms with Gasteiger partial charge in [-0.15, -0.1) is 0 Å². The Hall–Kier alpha value is -2.50. The van der Waals surface area contributed by atoms with Gasteiger partial charge in [0.2, 0.25) is 0 Å². The summed E-state index contributed by atoms with van der Waals surface area (Å²) >= 11 is 0. The molecule has 29 heavy (non-hydrogen) atoms. The summed E-state index contributed by atoms with van der Waals surface area (Å²) in [5.74, 6) is 0.423. The lowest BCUT2D eigenvalue weighted by molar-refractivity contribution is -0.121. The number of para-hydroxylation sites is 1. The number of ketones is 1. The molecular weight excluding hydrogens is 366 g/mol. The van der Waals surface area contributed by atoms with Crippen molar-refractivity contribution in [2.45, 2.75) is 57.8 Å². The van der Waals surface area contributed by atoms with Crippen molar-refractivity contribution in [1.82, 2.24) is 5.01 Å². The van der Waals surface area contributed by atoms with Gasteiger partial charge in [0.15, 0.2) is 5.78 Å². The number of hydrogen-bond acceptors (Lipinski definition) is 4. The molecule has 0 N–H and O–H groups in total. The van der Waals surface area contributed by atoms with E-state index in [-0.39, 0.29) is 36.7 Å². The average molecular weight is 396 g/mol. The first-order valence-corrected chi connectivity index (χ1v) is 10.9. The lowest BCUT2D eigenvalue weighted by atomic mass is 9.83. The monoisotopic (exact) mass is 395 g/mol. The van der Waals surface area contributed by atoms with Gasteiger partial charge in [0.25, 0.3) is 0 Å². The van der Waals surface area contributed by atoms with Crippen molar-refractivity contribution in [2.24, 2.45) is 16.9 Å². The molecule has 6 nitrogen and oxygen atoms in total. The van der Waals surface area contributed by atoms with E-state index < -0.39 is 0 Å².